The van der Waals surface area contributed by atoms with Crippen LogP contribution in [0.3, 0.4) is 0 Å². The largest absolute Gasteiger partial charge is 0.330 e. The first-order valence-corrected chi connectivity index (χ1v) is 45.2. The van der Waals surface area contributed by atoms with Crippen molar-refractivity contribution in [2.45, 2.75) is 199 Å². The highest BCUT2D eigenvalue weighted by molar-refractivity contribution is 6.37. The van der Waals surface area contributed by atoms with E-state index in [2.05, 4.69) is 108 Å². The van der Waals surface area contributed by atoms with Crippen LogP contribution < -0.4 is 0 Å². The monoisotopic (exact) mass is 1880 g/mol. The zero-order valence-electron chi connectivity index (χ0n) is 77.6. The second kappa shape index (κ2) is 39.8. The Kier molecular flexibility index (Phi) is 27.6. The zero-order valence-corrected chi connectivity index (χ0v) is 79.1. The average Bonchev–Trinajstić information content (AvgIpc) is 1.07. The standard InChI is InChI=1S/C21H23N5O.3C20H20FN5O.C19H16Cl2FN5O/c1-12-6-5-7-16(14(12)3)21(27)26-11-19-17(10-13(26)2)20(24-15(4)23-19)18-8-9-22-25-18;1-11-8-14(21)4-5-15(11)20(27)26-10-18-16(9-12(26)2)19(24-13(3)23-18)17-6-7-22-25-17;1-11-9-15-18(23-13(3)24-19(15)17-7-8-22-25-17)10-26(11)20(27)14-5-4-6-16(21)12(14)2;1-11-5-4-6-14(18(11)21)20(27)26-10-17-15(9-12(26)2)19(24-13(3)23-17)16-7-8-22-25-16;1-9-7-12-15(24-10(2)25-18(12)14-5-6-23-26-14)8-27(9)19(28)11-3-4-13(20)17(22)16(11)21/h5-9,13H,10-11H2,1-4H3,(H,22,25);4-8,12H,9-10H2,1-3H3,(H,22,25);4-8,11H,9-10H2,1-3H3,(H,22,25);4-8,12H,9-10H2,1-3H3,(H,22,25);3-6,9H,7-8H2,1-2H3,(H,23,26)/t13-;;;;/m1..../s1. The number of fused-ring (bicyclic) bond motifs is 5. The lowest BCUT2D eigenvalue weighted by Crippen LogP contribution is -2.43. The number of carbonyl (C=O) groups is 5. The van der Waals surface area contributed by atoms with E-state index in [1.165, 1.54) is 36.4 Å². The van der Waals surface area contributed by atoms with E-state index in [-0.39, 0.29) is 99.1 Å². The van der Waals surface area contributed by atoms with Gasteiger partial charge in [0.15, 0.2) is 5.82 Å². The lowest BCUT2D eigenvalue weighted by molar-refractivity contribution is 0.0642. The Balaban J connectivity index is 0.000000123. The summed E-state index contributed by atoms with van der Waals surface area (Å²) >= 11 is 11.8. The number of amides is 5. The predicted octanol–water partition coefficient (Wildman–Crippen LogP) is 17.2. The summed E-state index contributed by atoms with van der Waals surface area (Å²) in [5, 5.41) is 34.5. The number of hydrogen-bond acceptors (Lipinski definition) is 20. The molecule has 5 aliphatic heterocycles. The molecule has 15 aromatic rings. The summed E-state index contributed by atoms with van der Waals surface area (Å²) in [6.07, 6.45) is 11.6. The van der Waals surface area contributed by atoms with E-state index < -0.39 is 11.6 Å². The van der Waals surface area contributed by atoms with Crippen LogP contribution in [0, 0.1) is 92.5 Å². The second-order valence-corrected chi connectivity index (χ2v) is 35.6. The van der Waals surface area contributed by atoms with E-state index >= 15 is 0 Å². The fourth-order valence-electron chi connectivity index (χ4n) is 18.0. The molecule has 15 heterocycles. The van der Waals surface area contributed by atoms with E-state index in [0.717, 1.165) is 136 Å². The summed E-state index contributed by atoms with van der Waals surface area (Å²) in [5.41, 5.74) is 23.2. The number of nitrogens with one attached hydrogen (secondary N) is 5. The van der Waals surface area contributed by atoms with E-state index in [1.807, 2.05) is 123 Å². The molecule has 0 radical (unpaired) electrons. The van der Waals surface area contributed by atoms with Crippen LogP contribution in [-0.2, 0) is 64.8 Å². The number of carbonyl (C=O) groups excluding carboxylic acids is 5. The van der Waals surface area contributed by atoms with Crippen molar-refractivity contribution in [3.63, 3.8) is 0 Å². The van der Waals surface area contributed by atoms with Gasteiger partial charge in [-0.05, 0) is 249 Å². The van der Waals surface area contributed by atoms with Crippen LogP contribution in [0.5, 0.6) is 0 Å². The quantitative estimate of drug-likeness (QED) is 0.0627. The molecular formula is C100H99Cl2F4N25O5. The number of benzene rings is 5. The van der Waals surface area contributed by atoms with Gasteiger partial charge in [0.05, 0.1) is 139 Å². The Labute approximate surface area is 791 Å². The molecule has 0 spiro atoms. The normalized spacial score (nSPS) is 16.3. The smallest absolute Gasteiger partial charge is 0.257 e. The third-order valence-electron chi connectivity index (χ3n) is 25.3. The fraction of sp³-hybridized carbons (Fsp3) is 0.300. The Morgan fingerprint density at radius 2 is 0.596 bits per heavy atom. The number of rotatable bonds is 10. The van der Waals surface area contributed by atoms with Gasteiger partial charge in [0.25, 0.3) is 29.5 Å². The van der Waals surface area contributed by atoms with Crippen LogP contribution in [0.4, 0.5) is 17.6 Å². The van der Waals surface area contributed by atoms with Crippen molar-refractivity contribution in [3.05, 3.63) is 321 Å². The van der Waals surface area contributed by atoms with E-state index in [9.17, 15) is 41.5 Å². The molecule has 36 heteroatoms. The van der Waals surface area contributed by atoms with E-state index in [0.29, 0.717) is 109 Å². The molecule has 0 aliphatic carbocycles. The van der Waals surface area contributed by atoms with Crippen LogP contribution in [0.25, 0.3) is 56.9 Å². The molecule has 5 amide bonds. The number of aromatic nitrogens is 20. The molecule has 5 aromatic carbocycles. The Hall–Kier alpha value is -14.8. The molecule has 4 unspecified atom stereocenters. The lowest BCUT2D eigenvalue weighted by Gasteiger charge is -2.35. The zero-order chi connectivity index (χ0) is 96.5. The lowest BCUT2D eigenvalue weighted by atomic mass is 9.94. The highest BCUT2D eigenvalue weighted by Crippen LogP contribution is 2.39. The van der Waals surface area contributed by atoms with Crippen molar-refractivity contribution < 1.29 is 41.5 Å². The highest BCUT2D eigenvalue weighted by Gasteiger charge is 2.39. The van der Waals surface area contributed by atoms with Gasteiger partial charge in [-0.2, -0.15) is 25.5 Å². The molecule has 0 saturated carbocycles. The molecule has 30 nitrogen and oxygen atoms in total. The minimum absolute atomic E-state index is 0.0255. The molecule has 10 aromatic heterocycles. The molecule has 696 valence electrons. The maximum absolute atomic E-state index is 14.5. The van der Waals surface area contributed by atoms with Crippen molar-refractivity contribution in [3.8, 4) is 56.9 Å². The number of H-pyrrole nitrogens is 5. The molecule has 5 atom stereocenters. The topological polar surface area (TPSA) is 374 Å². The summed E-state index contributed by atoms with van der Waals surface area (Å²) in [5.74, 6) is 0.362. The van der Waals surface area contributed by atoms with Crippen molar-refractivity contribution in [1.82, 2.24) is 125 Å². The van der Waals surface area contributed by atoms with Gasteiger partial charge in [-0.15, -0.1) is 0 Å². The highest BCUT2D eigenvalue weighted by atomic mass is 35.5. The van der Waals surface area contributed by atoms with Crippen LogP contribution in [0.15, 0.2) is 146 Å². The van der Waals surface area contributed by atoms with Gasteiger partial charge in [0.2, 0.25) is 0 Å². The number of aromatic amines is 5. The Morgan fingerprint density at radius 1 is 0.309 bits per heavy atom. The van der Waals surface area contributed by atoms with Gasteiger partial charge < -0.3 is 24.5 Å². The van der Waals surface area contributed by atoms with Gasteiger partial charge in [-0.25, -0.2) is 67.4 Å². The fourth-order valence-corrected chi connectivity index (χ4v) is 18.4. The van der Waals surface area contributed by atoms with Crippen molar-refractivity contribution >= 4 is 52.7 Å². The van der Waals surface area contributed by atoms with Crippen LogP contribution >= 0.6 is 23.2 Å². The third-order valence-corrected chi connectivity index (χ3v) is 26.0. The maximum atomic E-state index is 14.5. The molecular weight excluding hydrogens is 1780 g/mol. The third kappa shape index (κ3) is 19.5. The summed E-state index contributed by atoms with van der Waals surface area (Å²) < 4.78 is 55.8. The summed E-state index contributed by atoms with van der Waals surface area (Å²) in [6.45, 7) is 30.1. The Morgan fingerprint density at radius 3 is 0.919 bits per heavy atom. The SMILES string of the molecule is Cc1nc2c(c(-c3ccn[nH]3)n1)CC(C)N(C(=O)c1ccc(Cl)c(F)c1Cl)C2.Cc1nc2c(c(-c3ccn[nH]3)n1)CC(C)N(C(=O)c1ccc(F)cc1C)C2.Cc1nc2c(c(-c3ccn[nH]3)n1)CC(C)N(C(=O)c1cccc(C)c1F)C2.Cc1nc2c(c(-c3ccn[nH]3)n1)CC(C)N(C(=O)c1cccc(F)c1C)C2.Cc1nc2c(c(-c3ccn[nH]3)n1)C[C@@H](C)N(C(=O)c1cccc(C)c1C)C2. The van der Waals surface area contributed by atoms with Gasteiger partial charge in [-0.1, -0.05) is 53.5 Å². The number of hydrogen-bond donors (Lipinski definition) is 5. The van der Waals surface area contributed by atoms with E-state index in [1.54, 1.807) is 109 Å². The van der Waals surface area contributed by atoms with Gasteiger partial charge in [0.1, 0.15) is 46.6 Å². The van der Waals surface area contributed by atoms with Crippen molar-refractivity contribution in [2.24, 2.45) is 0 Å². The Bertz CT molecular complexity index is 6670. The summed E-state index contributed by atoms with van der Waals surface area (Å²) in [4.78, 5) is 120. The summed E-state index contributed by atoms with van der Waals surface area (Å²) in [7, 11) is 0. The predicted molar refractivity (Wildman–Crippen MR) is 503 cm³/mol. The van der Waals surface area contributed by atoms with Crippen molar-refractivity contribution in [2.75, 3.05) is 0 Å². The number of halogens is 6. The first-order chi connectivity index (χ1) is 65.2. The molecule has 0 fully saturated rings. The summed E-state index contributed by atoms with van der Waals surface area (Å²) in [6, 6.07) is 31.6. The van der Waals surface area contributed by atoms with Gasteiger partial charge >= 0.3 is 0 Å². The van der Waals surface area contributed by atoms with Gasteiger partial charge in [0, 0.05) is 106 Å². The molecule has 5 N–H and O–H groups in total. The van der Waals surface area contributed by atoms with Gasteiger partial charge in [-0.3, -0.25) is 49.5 Å². The molecule has 136 heavy (non-hydrogen) atoms. The molecule has 20 rings (SSSR count). The minimum Gasteiger partial charge on any atom is -0.330 e. The minimum atomic E-state index is -0.793. The number of nitrogens with zero attached hydrogens (tertiary/aromatic N) is 20. The van der Waals surface area contributed by atoms with Crippen LogP contribution in [0.1, 0.15) is 200 Å². The first kappa shape index (κ1) is 94.4. The van der Waals surface area contributed by atoms with Crippen LogP contribution in [0.2, 0.25) is 10.0 Å². The molecule has 0 saturated heterocycles. The molecule has 0 bridgehead atoms. The second-order valence-electron chi connectivity index (χ2n) is 34.8. The van der Waals surface area contributed by atoms with E-state index in [4.69, 9.17) is 23.2 Å². The number of aryl methyl sites for hydroxylation is 8. The van der Waals surface area contributed by atoms with Crippen molar-refractivity contribution in [1.29, 1.82) is 0 Å². The first-order valence-electron chi connectivity index (χ1n) is 44.5. The van der Waals surface area contributed by atoms with Crippen LogP contribution in [-0.4, -0.2) is 185 Å². The average molecular weight is 1880 g/mol. The molecule has 5 aliphatic rings. The maximum Gasteiger partial charge on any atom is 0.257 e.